The highest BCUT2D eigenvalue weighted by Gasteiger charge is 2.31. The summed E-state index contributed by atoms with van der Waals surface area (Å²) in [5.74, 6) is -0.394. The van der Waals surface area contributed by atoms with Gasteiger partial charge in [-0.1, -0.05) is 13.8 Å². The van der Waals surface area contributed by atoms with Gasteiger partial charge in [-0.2, -0.15) is 13.2 Å². The van der Waals surface area contributed by atoms with Crippen LogP contribution in [0.3, 0.4) is 0 Å². The van der Waals surface area contributed by atoms with Crippen LogP contribution >= 0.6 is 0 Å². The number of rotatable bonds is 4. The van der Waals surface area contributed by atoms with Gasteiger partial charge in [0.25, 0.3) is 0 Å². The van der Waals surface area contributed by atoms with E-state index in [0.29, 0.717) is 25.9 Å². The number of hydrogen-bond donors (Lipinski definition) is 1. The lowest BCUT2D eigenvalue weighted by Crippen LogP contribution is -2.49. The van der Waals surface area contributed by atoms with Gasteiger partial charge in [-0.15, -0.1) is 0 Å². The minimum absolute atomic E-state index is 0.00379. The Morgan fingerprint density at radius 3 is 2.67 bits per heavy atom. The molecule has 7 heteroatoms. The van der Waals surface area contributed by atoms with E-state index in [-0.39, 0.29) is 30.0 Å². The third-order valence-electron chi connectivity index (χ3n) is 4.49. The second kappa shape index (κ2) is 7.51. The number of nitrogens with zero attached hydrogens (tertiary/aromatic N) is 1. The zero-order valence-electron chi connectivity index (χ0n) is 13.8. The van der Waals surface area contributed by atoms with E-state index in [1.54, 1.807) is 4.90 Å². The second-order valence-corrected chi connectivity index (χ2v) is 6.25. The molecular weight excluding hydrogens is 324 g/mol. The van der Waals surface area contributed by atoms with Gasteiger partial charge in [0.1, 0.15) is 5.82 Å². The summed E-state index contributed by atoms with van der Waals surface area (Å²) < 4.78 is 51.9. The van der Waals surface area contributed by atoms with Crippen molar-refractivity contribution in [2.45, 2.75) is 45.5 Å². The molecule has 1 saturated heterocycles. The van der Waals surface area contributed by atoms with Crippen molar-refractivity contribution in [2.24, 2.45) is 5.92 Å². The number of amides is 1. The zero-order chi connectivity index (χ0) is 17.9. The van der Waals surface area contributed by atoms with Crippen molar-refractivity contribution < 1.29 is 22.4 Å². The lowest BCUT2D eigenvalue weighted by Gasteiger charge is -2.37. The predicted octanol–water partition coefficient (Wildman–Crippen LogP) is 3.58. The van der Waals surface area contributed by atoms with Crippen molar-refractivity contribution in [2.75, 3.05) is 13.1 Å². The molecule has 1 amide bonds. The number of halogens is 4. The Labute approximate surface area is 139 Å². The number of nitrogens with one attached hydrogen (secondary N) is 1. The fourth-order valence-electron chi connectivity index (χ4n) is 3.03. The molecule has 0 radical (unpaired) electrons. The van der Waals surface area contributed by atoms with E-state index < -0.39 is 17.6 Å². The van der Waals surface area contributed by atoms with Gasteiger partial charge < -0.3 is 10.2 Å². The van der Waals surface area contributed by atoms with Crippen molar-refractivity contribution in [3.8, 4) is 0 Å². The first-order chi connectivity index (χ1) is 11.2. The number of hydrogen-bond acceptors (Lipinski definition) is 2. The lowest BCUT2D eigenvalue weighted by atomic mass is 9.93. The third-order valence-corrected chi connectivity index (χ3v) is 4.49. The SMILES string of the molecule is CCC(=O)N1CCC(NCc2cc(C(F)(F)F)ccc2F)C(C)C1. The van der Waals surface area contributed by atoms with Crippen LogP contribution in [-0.2, 0) is 17.5 Å². The molecule has 2 unspecified atom stereocenters. The summed E-state index contributed by atoms with van der Waals surface area (Å²) in [5.41, 5.74) is -0.846. The van der Waals surface area contributed by atoms with Gasteiger partial charge in [-0.05, 0) is 30.5 Å². The molecule has 134 valence electrons. The van der Waals surface area contributed by atoms with Crippen molar-refractivity contribution in [1.29, 1.82) is 0 Å². The molecule has 0 bridgehead atoms. The van der Waals surface area contributed by atoms with Crippen molar-refractivity contribution in [3.05, 3.63) is 35.1 Å². The summed E-state index contributed by atoms with van der Waals surface area (Å²) >= 11 is 0. The molecular formula is C17H22F4N2O. The molecule has 1 aromatic carbocycles. The Hall–Kier alpha value is -1.63. The first-order valence-corrected chi connectivity index (χ1v) is 8.09. The first-order valence-electron chi connectivity index (χ1n) is 8.09. The quantitative estimate of drug-likeness (QED) is 0.845. The maximum absolute atomic E-state index is 13.8. The Morgan fingerprint density at radius 2 is 2.08 bits per heavy atom. The maximum Gasteiger partial charge on any atom is 0.416 e. The van der Waals surface area contributed by atoms with E-state index in [4.69, 9.17) is 0 Å². The van der Waals surface area contributed by atoms with E-state index in [9.17, 15) is 22.4 Å². The second-order valence-electron chi connectivity index (χ2n) is 6.25. The fourth-order valence-corrected chi connectivity index (χ4v) is 3.03. The molecule has 1 aliphatic rings. The van der Waals surface area contributed by atoms with Crippen molar-refractivity contribution in [3.63, 3.8) is 0 Å². The number of alkyl halides is 3. The van der Waals surface area contributed by atoms with E-state index in [0.717, 1.165) is 18.2 Å². The van der Waals surface area contributed by atoms with E-state index in [1.165, 1.54) is 0 Å². The summed E-state index contributed by atoms with van der Waals surface area (Å²) in [6.45, 7) is 5.05. The van der Waals surface area contributed by atoms with Crippen LogP contribution < -0.4 is 5.32 Å². The molecule has 0 aliphatic carbocycles. The molecule has 1 aromatic rings. The Balaban J connectivity index is 1.98. The Morgan fingerprint density at radius 1 is 1.38 bits per heavy atom. The number of carbonyl (C=O) groups excluding carboxylic acids is 1. The van der Waals surface area contributed by atoms with E-state index in [1.807, 2.05) is 13.8 Å². The van der Waals surface area contributed by atoms with Crippen LogP contribution in [0.15, 0.2) is 18.2 Å². The zero-order valence-corrected chi connectivity index (χ0v) is 13.8. The van der Waals surface area contributed by atoms with Crippen LogP contribution in [0.5, 0.6) is 0 Å². The molecule has 3 nitrogen and oxygen atoms in total. The largest absolute Gasteiger partial charge is 0.416 e. The third kappa shape index (κ3) is 4.47. The Kier molecular flexibility index (Phi) is 5.85. The average molecular weight is 346 g/mol. The Bertz CT molecular complexity index is 588. The minimum Gasteiger partial charge on any atom is -0.342 e. The average Bonchev–Trinajstić information content (AvgIpc) is 2.53. The van der Waals surface area contributed by atoms with Crippen LogP contribution in [0.4, 0.5) is 17.6 Å². The lowest BCUT2D eigenvalue weighted by molar-refractivity contribution is -0.137. The number of likely N-dealkylation sites (tertiary alicyclic amines) is 1. The van der Waals surface area contributed by atoms with Crippen molar-refractivity contribution in [1.82, 2.24) is 10.2 Å². The predicted molar refractivity (Wildman–Crippen MR) is 82.7 cm³/mol. The molecule has 1 heterocycles. The molecule has 2 rings (SSSR count). The van der Waals surface area contributed by atoms with Gasteiger partial charge >= 0.3 is 6.18 Å². The highest BCUT2D eigenvalue weighted by molar-refractivity contribution is 5.75. The molecule has 1 aliphatic heterocycles. The van der Waals surface area contributed by atoms with Crippen LogP contribution in [0.2, 0.25) is 0 Å². The number of piperidine rings is 1. The smallest absolute Gasteiger partial charge is 0.342 e. The summed E-state index contributed by atoms with van der Waals surface area (Å²) in [6.07, 6.45) is -3.32. The monoisotopic (exact) mass is 346 g/mol. The van der Waals surface area contributed by atoms with Crippen LogP contribution in [0.1, 0.15) is 37.8 Å². The van der Waals surface area contributed by atoms with Gasteiger partial charge in [-0.3, -0.25) is 4.79 Å². The van der Waals surface area contributed by atoms with Crippen molar-refractivity contribution >= 4 is 5.91 Å². The molecule has 0 spiro atoms. The van der Waals surface area contributed by atoms with Gasteiger partial charge in [0.15, 0.2) is 0 Å². The molecule has 1 N–H and O–H groups in total. The van der Waals surface area contributed by atoms with Crippen LogP contribution in [0, 0.1) is 11.7 Å². The molecule has 0 aromatic heterocycles. The number of benzene rings is 1. The summed E-state index contributed by atoms with van der Waals surface area (Å²) in [4.78, 5) is 13.5. The van der Waals surface area contributed by atoms with E-state index >= 15 is 0 Å². The summed E-state index contributed by atoms with van der Waals surface area (Å²) in [7, 11) is 0. The van der Waals surface area contributed by atoms with Crippen LogP contribution in [-0.4, -0.2) is 29.9 Å². The standard InChI is InChI=1S/C17H22F4N2O/c1-3-16(24)23-7-6-15(11(2)10-23)22-9-12-8-13(17(19,20)21)4-5-14(12)18/h4-5,8,11,15,22H,3,6-7,9-10H2,1-2H3. The van der Waals surface area contributed by atoms with Gasteiger partial charge in [0, 0.05) is 37.7 Å². The molecule has 24 heavy (non-hydrogen) atoms. The van der Waals surface area contributed by atoms with Crippen LogP contribution in [0.25, 0.3) is 0 Å². The highest BCUT2D eigenvalue weighted by atomic mass is 19.4. The summed E-state index contributed by atoms with van der Waals surface area (Å²) in [5, 5.41) is 3.14. The maximum atomic E-state index is 13.8. The highest BCUT2D eigenvalue weighted by Crippen LogP contribution is 2.30. The normalized spacial score (nSPS) is 21.8. The minimum atomic E-state index is -4.48. The molecule has 0 saturated carbocycles. The molecule has 2 atom stereocenters. The topological polar surface area (TPSA) is 32.3 Å². The number of carbonyl (C=O) groups is 1. The first kappa shape index (κ1) is 18.7. The van der Waals surface area contributed by atoms with Gasteiger partial charge in [0.2, 0.25) is 5.91 Å². The summed E-state index contributed by atoms with van der Waals surface area (Å²) in [6, 6.07) is 2.49. The van der Waals surface area contributed by atoms with Gasteiger partial charge in [0.05, 0.1) is 5.56 Å². The van der Waals surface area contributed by atoms with Gasteiger partial charge in [-0.25, -0.2) is 4.39 Å². The molecule has 1 fully saturated rings. The fraction of sp³-hybridized carbons (Fsp3) is 0.588. The van der Waals surface area contributed by atoms with E-state index in [2.05, 4.69) is 5.32 Å².